The number of nitrogens with one attached hydrogen (secondary N) is 1. The fourth-order valence-corrected chi connectivity index (χ4v) is 2.65. The van der Waals surface area contributed by atoms with Gasteiger partial charge in [-0.2, -0.15) is 0 Å². The highest BCUT2D eigenvalue weighted by Gasteiger charge is 2.16. The van der Waals surface area contributed by atoms with E-state index in [1.807, 2.05) is 54.6 Å². The van der Waals surface area contributed by atoms with E-state index in [1.165, 1.54) is 0 Å². The summed E-state index contributed by atoms with van der Waals surface area (Å²) in [5.74, 6) is 0.237. The lowest BCUT2D eigenvalue weighted by molar-refractivity contribution is 0.920. The summed E-state index contributed by atoms with van der Waals surface area (Å²) >= 11 is 0. The fraction of sp³-hybridized carbons (Fsp3) is 0. The van der Waals surface area contributed by atoms with Gasteiger partial charge in [-0.1, -0.05) is 36.4 Å². The number of pyridine rings is 1. The number of rotatable bonds is 1. The van der Waals surface area contributed by atoms with E-state index in [0.717, 1.165) is 22.1 Å². The molecule has 5 heteroatoms. The molecule has 0 radical (unpaired) electrons. The molecule has 0 spiro atoms. The van der Waals surface area contributed by atoms with Gasteiger partial charge in [-0.25, -0.2) is 4.68 Å². The molecule has 102 valence electrons. The van der Waals surface area contributed by atoms with Crippen molar-refractivity contribution in [1.82, 2.24) is 14.8 Å². The molecule has 2 aromatic heterocycles. The van der Waals surface area contributed by atoms with Gasteiger partial charge in [0, 0.05) is 5.39 Å². The second-order valence-corrected chi connectivity index (χ2v) is 4.86. The highest BCUT2D eigenvalue weighted by molar-refractivity contribution is 6.07. The number of nitrogen functional groups attached to an aromatic ring is 1. The van der Waals surface area contributed by atoms with Gasteiger partial charge in [0.1, 0.15) is 5.39 Å². The number of fused-ring (bicyclic) bond motifs is 3. The Labute approximate surface area is 119 Å². The number of H-pyrrole nitrogens is 1. The molecule has 21 heavy (non-hydrogen) atoms. The van der Waals surface area contributed by atoms with Crippen molar-refractivity contribution in [2.24, 2.45) is 0 Å². The van der Waals surface area contributed by atoms with Gasteiger partial charge < -0.3 is 10.7 Å². The summed E-state index contributed by atoms with van der Waals surface area (Å²) in [7, 11) is 0. The molecule has 0 atom stereocenters. The topological polar surface area (TPSA) is 76.7 Å². The lowest BCUT2D eigenvalue weighted by Gasteiger charge is -2.05. The Kier molecular flexibility index (Phi) is 2.35. The highest BCUT2D eigenvalue weighted by atomic mass is 16.1. The zero-order valence-corrected chi connectivity index (χ0v) is 11.1. The number of anilines is 1. The maximum atomic E-state index is 12.3. The second kappa shape index (κ2) is 4.21. The van der Waals surface area contributed by atoms with Crippen molar-refractivity contribution in [3.63, 3.8) is 0 Å². The zero-order valence-electron chi connectivity index (χ0n) is 11.1. The standard InChI is InChI=1S/C16H12N4O/c17-15-13-14(20(19-15)10-6-2-1-3-7-10)11-8-4-5-9-12(11)18-16(13)21/h1-9H,(H2,17,19)(H,18,21). The molecule has 0 fully saturated rings. The summed E-state index contributed by atoms with van der Waals surface area (Å²) in [6.07, 6.45) is 0. The molecule has 0 unspecified atom stereocenters. The van der Waals surface area contributed by atoms with Crippen LogP contribution in [0.25, 0.3) is 27.5 Å². The predicted molar refractivity (Wildman–Crippen MR) is 83.6 cm³/mol. The minimum atomic E-state index is -0.219. The number of hydrogen-bond acceptors (Lipinski definition) is 3. The van der Waals surface area contributed by atoms with E-state index in [1.54, 1.807) is 4.68 Å². The van der Waals surface area contributed by atoms with Crippen molar-refractivity contribution in [1.29, 1.82) is 0 Å². The Morgan fingerprint density at radius 3 is 2.52 bits per heavy atom. The third-order valence-corrected chi connectivity index (χ3v) is 3.57. The normalized spacial score (nSPS) is 11.2. The molecule has 0 saturated carbocycles. The van der Waals surface area contributed by atoms with Gasteiger partial charge in [-0.05, 0) is 18.2 Å². The molecule has 4 rings (SSSR count). The molecular weight excluding hydrogens is 264 g/mol. The van der Waals surface area contributed by atoms with Gasteiger partial charge in [0.05, 0.1) is 16.7 Å². The maximum Gasteiger partial charge on any atom is 0.261 e. The van der Waals surface area contributed by atoms with Crippen molar-refractivity contribution in [3.8, 4) is 5.69 Å². The summed E-state index contributed by atoms with van der Waals surface area (Å²) in [5, 5.41) is 5.69. The van der Waals surface area contributed by atoms with Gasteiger partial charge in [-0.15, -0.1) is 5.10 Å². The van der Waals surface area contributed by atoms with E-state index in [0.29, 0.717) is 5.39 Å². The number of nitrogens with zero attached hydrogens (tertiary/aromatic N) is 2. The minimum absolute atomic E-state index is 0.219. The van der Waals surface area contributed by atoms with E-state index in [4.69, 9.17) is 5.73 Å². The smallest absolute Gasteiger partial charge is 0.261 e. The molecular formula is C16H12N4O. The second-order valence-electron chi connectivity index (χ2n) is 4.86. The number of para-hydroxylation sites is 2. The van der Waals surface area contributed by atoms with Crippen LogP contribution < -0.4 is 11.3 Å². The Hall–Kier alpha value is -3.08. The Morgan fingerprint density at radius 2 is 1.71 bits per heavy atom. The molecule has 0 bridgehead atoms. The van der Waals surface area contributed by atoms with Crippen LogP contribution in [0.2, 0.25) is 0 Å². The van der Waals surface area contributed by atoms with E-state index in [2.05, 4.69) is 10.1 Å². The summed E-state index contributed by atoms with van der Waals surface area (Å²) in [5.41, 5.74) is 8.11. The highest BCUT2D eigenvalue weighted by Crippen LogP contribution is 2.26. The van der Waals surface area contributed by atoms with Crippen molar-refractivity contribution in [3.05, 3.63) is 65.0 Å². The Morgan fingerprint density at radius 1 is 1.00 bits per heavy atom. The lowest BCUT2D eigenvalue weighted by atomic mass is 10.1. The third-order valence-electron chi connectivity index (χ3n) is 3.57. The average molecular weight is 276 g/mol. The van der Waals surface area contributed by atoms with Crippen molar-refractivity contribution < 1.29 is 0 Å². The number of aromatic nitrogens is 3. The van der Waals surface area contributed by atoms with E-state index < -0.39 is 0 Å². The van der Waals surface area contributed by atoms with Crippen LogP contribution in [0.5, 0.6) is 0 Å². The first-order chi connectivity index (χ1) is 10.3. The van der Waals surface area contributed by atoms with Crippen LogP contribution in [0.4, 0.5) is 5.82 Å². The summed E-state index contributed by atoms with van der Waals surface area (Å²) in [6, 6.07) is 17.3. The SMILES string of the molecule is Nc1nn(-c2ccccc2)c2c1c(=O)[nH]c1ccccc12. The molecule has 0 aliphatic carbocycles. The van der Waals surface area contributed by atoms with Crippen LogP contribution in [0.1, 0.15) is 0 Å². The first-order valence-electron chi connectivity index (χ1n) is 6.60. The van der Waals surface area contributed by atoms with E-state index >= 15 is 0 Å². The van der Waals surface area contributed by atoms with E-state index in [-0.39, 0.29) is 11.4 Å². The monoisotopic (exact) mass is 276 g/mol. The molecule has 0 amide bonds. The predicted octanol–water partition coefficient (Wildman–Crippen LogP) is 2.45. The molecule has 0 aliphatic rings. The van der Waals surface area contributed by atoms with Gasteiger partial charge in [-0.3, -0.25) is 4.79 Å². The van der Waals surface area contributed by atoms with E-state index in [9.17, 15) is 4.79 Å². The van der Waals surface area contributed by atoms with Crippen molar-refractivity contribution in [2.75, 3.05) is 5.73 Å². The molecule has 2 aromatic carbocycles. The fourth-order valence-electron chi connectivity index (χ4n) is 2.65. The Balaban J connectivity index is 2.26. The quantitative estimate of drug-likeness (QED) is 0.560. The van der Waals surface area contributed by atoms with Gasteiger partial charge >= 0.3 is 0 Å². The van der Waals surface area contributed by atoms with Crippen LogP contribution in [-0.2, 0) is 0 Å². The summed E-state index contributed by atoms with van der Waals surface area (Å²) in [4.78, 5) is 15.1. The van der Waals surface area contributed by atoms with Gasteiger partial charge in [0.2, 0.25) is 0 Å². The minimum Gasteiger partial charge on any atom is -0.382 e. The largest absolute Gasteiger partial charge is 0.382 e. The molecule has 5 nitrogen and oxygen atoms in total. The van der Waals surface area contributed by atoms with Gasteiger partial charge in [0.25, 0.3) is 5.56 Å². The lowest BCUT2D eigenvalue weighted by Crippen LogP contribution is -2.07. The van der Waals surface area contributed by atoms with Crippen molar-refractivity contribution in [2.45, 2.75) is 0 Å². The zero-order chi connectivity index (χ0) is 14.4. The number of hydrogen-bond donors (Lipinski definition) is 2. The van der Waals surface area contributed by atoms with Crippen LogP contribution in [0.15, 0.2) is 59.4 Å². The molecule has 4 aromatic rings. The first-order valence-corrected chi connectivity index (χ1v) is 6.60. The maximum absolute atomic E-state index is 12.3. The van der Waals surface area contributed by atoms with Crippen LogP contribution in [0.3, 0.4) is 0 Å². The average Bonchev–Trinajstić information content (AvgIpc) is 2.87. The number of benzene rings is 2. The summed E-state index contributed by atoms with van der Waals surface area (Å²) in [6.45, 7) is 0. The Bertz CT molecular complexity index is 1010. The van der Waals surface area contributed by atoms with Gasteiger partial charge in [0.15, 0.2) is 5.82 Å². The van der Waals surface area contributed by atoms with Crippen LogP contribution in [-0.4, -0.2) is 14.8 Å². The number of aromatic amines is 1. The molecule has 0 saturated heterocycles. The van der Waals surface area contributed by atoms with Crippen LogP contribution >= 0.6 is 0 Å². The molecule has 0 aliphatic heterocycles. The molecule has 2 heterocycles. The van der Waals surface area contributed by atoms with Crippen LogP contribution in [0, 0.1) is 0 Å². The number of nitrogens with two attached hydrogens (primary N) is 1. The third kappa shape index (κ3) is 1.64. The summed E-state index contributed by atoms with van der Waals surface area (Å²) < 4.78 is 1.72. The first kappa shape index (κ1) is 11.7. The molecule has 3 N–H and O–H groups in total. The van der Waals surface area contributed by atoms with Crippen molar-refractivity contribution >= 4 is 27.6 Å².